The van der Waals surface area contributed by atoms with Gasteiger partial charge in [-0.05, 0) is 50.2 Å². The van der Waals surface area contributed by atoms with E-state index in [1.807, 2.05) is 0 Å². The summed E-state index contributed by atoms with van der Waals surface area (Å²) in [5.41, 5.74) is 1.87. The predicted octanol–water partition coefficient (Wildman–Crippen LogP) is 5.51. The molecule has 1 spiro atoms. The van der Waals surface area contributed by atoms with Crippen molar-refractivity contribution in [3.8, 4) is 17.0 Å². The highest BCUT2D eigenvalue weighted by atomic mass is 19.3. The summed E-state index contributed by atoms with van der Waals surface area (Å²) < 4.78 is 55.2. The zero-order chi connectivity index (χ0) is 22.6. The van der Waals surface area contributed by atoms with Gasteiger partial charge in [-0.1, -0.05) is 24.2 Å². The molecular formula is C25H29F2NO5. The maximum Gasteiger partial charge on any atom is 0.387 e. The van der Waals surface area contributed by atoms with Crippen LogP contribution in [-0.4, -0.2) is 36.9 Å². The summed E-state index contributed by atoms with van der Waals surface area (Å²) in [7, 11) is 0. The molecular weight excluding hydrogens is 432 g/mol. The number of ether oxygens (including phenoxy) is 4. The Morgan fingerprint density at radius 3 is 2.64 bits per heavy atom. The molecule has 8 heteroatoms. The van der Waals surface area contributed by atoms with Crippen LogP contribution in [0.5, 0.6) is 5.75 Å². The number of halogens is 2. The van der Waals surface area contributed by atoms with Gasteiger partial charge in [0, 0.05) is 28.9 Å². The van der Waals surface area contributed by atoms with E-state index in [-0.39, 0.29) is 11.9 Å². The third-order valence-corrected chi connectivity index (χ3v) is 7.82. The summed E-state index contributed by atoms with van der Waals surface area (Å²) in [6.45, 7) is 1.04. The smallest absolute Gasteiger partial charge is 0.387 e. The highest BCUT2D eigenvalue weighted by Gasteiger charge is 2.61. The van der Waals surface area contributed by atoms with Crippen LogP contribution in [0, 0.1) is 17.8 Å². The maximum absolute atomic E-state index is 13.0. The van der Waals surface area contributed by atoms with Gasteiger partial charge >= 0.3 is 6.61 Å². The summed E-state index contributed by atoms with van der Waals surface area (Å²) in [4.78, 5) is 0. The summed E-state index contributed by atoms with van der Waals surface area (Å²) in [5.74, 6) is 1.99. The van der Waals surface area contributed by atoms with Gasteiger partial charge in [0.15, 0.2) is 5.79 Å². The number of rotatable bonds is 7. The van der Waals surface area contributed by atoms with E-state index in [2.05, 4.69) is 12.1 Å². The van der Waals surface area contributed by atoms with Gasteiger partial charge in [-0.3, -0.25) is 0 Å². The third-order valence-electron chi connectivity index (χ3n) is 7.82. The molecule has 33 heavy (non-hydrogen) atoms. The number of para-hydroxylation sites is 1. The van der Waals surface area contributed by atoms with Gasteiger partial charge in [0.25, 0.3) is 0 Å². The second-order valence-electron chi connectivity index (χ2n) is 9.86. The van der Waals surface area contributed by atoms with Gasteiger partial charge < -0.3 is 23.5 Å². The summed E-state index contributed by atoms with van der Waals surface area (Å²) in [6, 6.07) is 6.71. The highest BCUT2D eigenvalue weighted by molar-refractivity contribution is 5.70. The van der Waals surface area contributed by atoms with Gasteiger partial charge in [0.2, 0.25) is 0 Å². The van der Waals surface area contributed by atoms with Gasteiger partial charge in [-0.15, -0.1) is 0 Å². The quantitative estimate of drug-likeness (QED) is 0.542. The molecule has 6 rings (SSSR count). The Hall–Kier alpha value is -2.03. The number of alkyl halides is 2. The molecule has 0 radical (unpaired) electrons. The minimum Gasteiger partial charge on any atom is -0.434 e. The minimum atomic E-state index is -2.91. The zero-order valence-electron chi connectivity index (χ0n) is 18.7. The molecule has 4 atom stereocenters. The first-order valence-corrected chi connectivity index (χ1v) is 12.0. The molecule has 0 amide bonds. The van der Waals surface area contributed by atoms with Crippen LogP contribution in [0.1, 0.15) is 56.3 Å². The van der Waals surface area contributed by atoms with E-state index < -0.39 is 12.4 Å². The molecule has 2 aromatic rings. The number of nitrogens with zero attached hydrogens (tertiary/aromatic N) is 1. The topological polar surface area (TPSA) is 63.0 Å². The average Bonchev–Trinajstić information content (AvgIpc) is 3.34. The summed E-state index contributed by atoms with van der Waals surface area (Å²) in [5, 5.41) is 4.27. The number of aromatic nitrogens is 1. The molecule has 4 aliphatic rings. The number of hydrogen-bond acceptors (Lipinski definition) is 6. The number of benzene rings is 1. The van der Waals surface area contributed by atoms with E-state index in [4.69, 9.17) is 23.5 Å². The van der Waals surface area contributed by atoms with Crippen LogP contribution in [-0.2, 0) is 20.8 Å². The Bertz CT molecular complexity index is 1000. The highest BCUT2D eigenvalue weighted by Crippen LogP contribution is 2.57. The van der Waals surface area contributed by atoms with Crippen molar-refractivity contribution in [1.82, 2.24) is 5.16 Å². The second-order valence-corrected chi connectivity index (χ2v) is 9.86. The van der Waals surface area contributed by atoms with Crippen LogP contribution in [0.2, 0.25) is 0 Å². The van der Waals surface area contributed by atoms with E-state index in [1.54, 1.807) is 18.2 Å². The Morgan fingerprint density at radius 1 is 1.12 bits per heavy atom. The lowest BCUT2D eigenvalue weighted by molar-refractivity contribution is -0.241. The fourth-order valence-corrected chi connectivity index (χ4v) is 6.26. The van der Waals surface area contributed by atoms with Crippen molar-refractivity contribution in [1.29, 1.82) is 0 Å². The van der Waals surface area contributed by atoms with Gasteiger partial charge in [0.05, 0.1) is 25.9 Å². The average molecular weight is 462 g/mol. The number of hydrogen-bond donors (Lipinski definition) is 0. The SMILES string of the molecule is C[C@H]1C[C@@H]2C[C@@H](OCc3c(-c4ccccc4OC(F)F)noc3C3CC3)CC1C21OCCO1. The van der Waals surface area contributed by atoms with Crippen molar-refractivity contribution in [3.05, 3.63) is 35.6 Å². The monoisotopic (exact) mass is 461 g/mol. The fraction of sp³-hybridized carbons (Fsp3) is 0.640. The third kappa shape index (κ3) is 3.76. The Morgan fingerprint density at radius 2 is 1.91 bits per heavy atom. The van der Waals surface area contributed by atoms with Gasteiger partial charge in [-0.2, -0.15) is 8.78 Å². The molecule has 1 aromatic heterocycles. The molecule has 1 aromatic carbocycles. The Balaban J connectivity index is 1.24. The molecule has 178 valence electrons. The first-order chi connectivity index (χ1) is 16.0. The fourth-order valence-electron chi connectivity index (χ4n) is 6.26. The lowest BCUT2D eigenvalue weighted by Gasteiger charge is -2.42. The molecule has 1 unspecified atom stereocenters. The Kier molecular flexibility index (Phi) is 5.42. The van der Waals surface area contributed by atoms with Crippen LogP contribution in [0.25, 0.3) is 11.3 Å². The molecule has 0 N–H and O–H groups in total. The first kappa shape index (κ1) is 21.5. The van der Waals surface area contributed by atoms with Crippen molar-refractivity contribution in [2.75, 3.05) is 13.2 Å². The molecule has 4 fully saturated rings. The van der Waals surface area contributed by atoms with Crippen LogP contribution in [0.15, 0.2) is 28.8 Å². The van der Waals surface area contributed by atoms with Crippen molar-refractivity contribution in [2.24, 2.45) is 17.8 Å². The lowest BCUT2D eigenvalue weighted by Crippen LogP contribution is -2.48. The maximum atomic E-state index is 13.0. The normalized spacial score (nSPS) is 30.4. The van der Waals surface area contributed by atoms with E-state index in [0.29, 0.717) is 54.7 Å². The van der Waals surface area contributed by atoms with Gasteiger partial charge in [0.1, 0.15) is 17.2 Å². The van der Waals surface area contributed by atoms with Crippen molar-refractivity contribution < 1.29 is 32.3 Å². The van der Waals surface area contributed by atoms with Crippen LogP contribution < -0.4 is 4.74 Å². The van der Waals surface area contributed by atoms with Crippen molar-refractivity contribution >= 4 is 0 Å². The molecule has 1 aliphatic heterocycles. The molecule has 1 saturated heterocycles. The molecule has 6 nitrogen and oxygen atoms in total. The summed E-state index contributed by atoms with van der Waals surface area (Å²) in [6.07, 6.45) is 5.05. The molecule has 2 bridgehead atoms. The lowest BCUT2D eigenvalue weighted by atomic mass is 9.79. The minimum absolute atomic E-state index is 0.0886. The standard InChI is InChI=1S/C25H29F2NO5/c1-14-10-16-11-17(12-20(14)25(16)30-8-9-31-25)29-13-19-22(28-33-23(19)15-6-7-15)18-4-2-3-5-21(18)32-24(26)27/h2-5,14-17,20,24H,6-13H2,1H3/t14-,16+,17+,20?/m0/s1. The van der Waals surface area contributed by atoms with E-state index in [9.17, 15) is 8.78 Å². The second kappa shape index (κ2) is 8.32. The first-order valence-electron chi connectivity index (χ1n) is 12.0. The van der Waals surface area contributed by atoms with Crippen molar-refractivity contribution in [3.63, 3.8) is 0 Å². The van der Waals surface area contributed by atoms with E-state index >= 15 is 0 Å². The molecule has 3 aliphatic carbocycles. The van der Waals surface area contributed by atoms with E-state index in [1.165, 1.54) is 6.07 Å². The van der Waals surface area contributed by atoms with Gasteiger partial charge in [-0.25, -0.2) is 0 Å². The van der Waals surface area contributed by atoms with E-state index in [0.717, 1.165) is 43.4 Å². The largest absolute Gasteiger partial charge is 0.434 e. The van der Waals surface area contributed by atoms with Crippen LogP contribution in [0.3, 0.4) is 0 Å². The van der Waals surface area contributed by atoms with Crippen LogP contribution in [0.4, 0.5) is 8.78 Å². The van der Waals surface area contributed by atoms with Crippen LogP contribution >= 0.6 is 0 Å². The summed E-state index contributed by atoms with van der Waals surface area (Å²) >= 11 is 0. The predicted molar refractivity (Wildman–Crippen MR) is 114 cm³/mol. The molecule has 3 saturated carbocycles. The molecule has 2 heterocycles. The Labute approximate surface area is 191 Å². The van der Waals surface area contributed by atoms with Crippen molar-refractivity contribution in [2.45, 2.75) is 70.1 Å². The zero-order valence-corrected chi connectivity index (χ0v) is 18.7.